The van der Waals surface area contributed by atoms with E-state index in [1.54, 1.807) is 5.57 Å². The maximum atomic E-state index is 5.44. The molecule has 0 aromatic heterocycles. The normalized spacial score (nSPS) is 18.0. The molecule has 0 saturated carbocycles. The molecular formula is C23H37IN4O. The van der Waals surface area contributed by atoms with Gasteiger partial charge in [-0.05, 0) is 50.2 Å². The zero-order chi connectivity index (χ0) is 19.4. The Hall–Kier alpha value is -1.12. The van der Waals surface area contributed by atoms with Crippen LogP contribution >= 0.6 is 24.0 Å². The molecule has 1 saturated heterocycles. The van der Waals surface area contributed by atoms with Gasteiger partial charge in [-0.1, -0.05) is 35.9 Å². The predicted molar refractivity (Wildman–Crippen MR) is 132 cm³/mol. The molecule has 0 radical (unpaired) electrons. The molecule has 0 unspecified atom stereocenters. The number of hydrogen-bond donors (Lipinski definition) is 2. The van der Waals surface area contributed by atoms with Crippen molar-refractivity contribution in [1.29, 1.82) is 0 Å². The lowest BCUT2D eigenvalue weighted by atomic mass is 9.97. The minimum absolute atomic E-state index is 0. The Kier molecular flexibility index (Phi) is 11.6. The van der Waals surface area contributed by atoms with Gasteiger partial charge in [0.15, 0.2) is 5.96 Å². The fraction of sp³-hybridized carbons (Fsp3) is 0.609. The first-order valence-electron chi connectivity index (χ1n) is 10.9. The van der Waals surface area contributed by atoms with Crippen LogP contribution in [0.4, 0.5) is 0 Å². The average molecular weight is 512 g/mol. The van der Waals surface area contributed by atoms with Gasteiger partial charge in [0.1, 0.15) is 0 Å². The monoisotopic (exact) mass is 512 g/mol. The van der Waals surface area contributed by atoms with Crippen molar-refractivity contribution in [2.24, 2.45) is 4.99 Å². The van der Waals surface area contributed by atoms with Crippen molar-refractivity contribution in [3.63, 3.8) is 0 Å². The molecule has 1 fully saturated rings. The Balaban J connectivity index is 0.00000300. The summed E-state index contributed by atoms with van der Waals surface area (Å²) < 4.78 is 5.44. The summed E-state index contributed by atoms with van der Waals surface area (Å²) in [6, 6.07) is 8.82. The number of nitrogens with zero attached hydrogens (tertiary/aromatic N) is 2. The standard InChI is InChI=1S/C23H36N4O.HI/c1-2-24-23(25-12-11-20-7-4-3-5-8-20)26-18-21-9-6-10-22(17-21)19-27-13-15-28-16-14-27;/h6-7,9-10,17H,2-5,8,11-16,18-19H2,1H3,(H2,24,25,26);1H. The summed E-state index contributed by atoms with van der Waals surface area (Å²) in [6.45, 7) is 9.38. The van der Waals surface area contributed by atoms with Gasteiger partial charge in [-0.25, -0.2) is 4.99 Å². The number of halogens is 1. The predicted octanol–water partition coefficient (Wildman–Crippen LogP) is 4.08. The van der Waals surface area contributed by atoms with Gasteiger partial charge < -0.3 is 15.4 Å². The lowest BCUT2D eigenvalue weighted by Gasteiger charge is -2.26. The molecule has 0 spiro atoms. The molecule has 1 aliphatic heterocycles. The lowest BCUT2D eigenvalue weighted by Crippen LogP contribution is -2.37. The van der Waals surface area contributed by atoms with E-state index in [2.05, 4.69) is 52.8 Å². The number of allylic oxidation sites excluding steroid dienone is 1. The minimum atomic E-state index is 0. The van der Waals surface area contributed by atoms with Crippen LogP contribution in [-0.4, -0.2) is 50.3 Å². The van der Waals surface area contributed by atoms with Gasteiger partial charge in [0.05, 0.1) is 19.8 Å². The number of guanidine groups is 1. The van der Waals surface area contributed by atoms with Gasteiger partial charge in [-0.2, -0.15) is 0 Å². The molecule has 29 heavy (non-hydrogen) atoms. The van der Waals surface area contributed by atoms with E-state index in [0.29, 0.717) is 6.54 Å². The van der Waals surface area contributed by atoms with Gasteiger partial charge in [0.2, 0.25) is 0 Å². The van der Waals surface area contributed by atoms with Crippen molar-refractivity contribution >= 4 is 29.9 Å². The highest BCUT2D eigenvalue weighted by atomic mass is 127. The van der Waals surface area contributed by atoms with Crippen LogP contribution in [0.25, 0.3) is 0 Å². The van der Waals surface area contributed by atoms with Crippen molar-refractivity contribution in [3.8, 4) is 0 Å². The van der Waals surface area contributed by atoms with Gasteiger partial charge in [-0.3, -0.25) is 4.90 Å². The number of ether oxygens (including phenoxy) is 1. The second-order valence-corrected chi connectivity index (χ2v) is 7.69. The summed E-state index contributed by atoms with van der Waals surface area (Å²) in [5, 5.41) is 6.86. The van der Waals surface area contributed by atoms with Crippen LogP contribution in [0.1, 0.15) is 50.2 Å². The summed E-state index contributed by atoms with van der Waals surface area (Å²) in [5.41, 5.74) is 4.22. The van der Waals surface area contributed by atoms with Crippen molar-refractivity contribution in [2.45, 2.75) is 52.1 Å². The van der Waals surface area contributed by atoms with Crippen LogP contribution in [0, 0.1) is 0 Å². The summed E-state index contributed by atoms with van der Waals surface area (Å²) in [6.07, 6.45) is 8.77. The lowest BCUT2D eigenvalue weighted by molar-refractivity contribution is 0.0342. The van der Waals surface area contributed by atoms with Gasteiger partial charge in [-0.15, -0.1) is 24.0 Å². The van der Waals surface area contributed by atoms with Crippen molar-refractivity contribution in [2.75, 3.05) is 39.4 Å². The van der Waals surface area contributed by atoms with Crippen LogP contribution in [0.5, 0.6) is 0 Å². The molecule has 1 heterocycles. The minimum Gasteiger partial charge on any atom is -0.379 e. The topological polar surface area (TPSA) is 48.9 Å². The highest BCUT2D eigenvalue weighted by Gasteiger charge is 2.10. The van der Waals surface area contributed by atoms with Gasteiger partial charge in [0.25, 0.3) is 0 Å². The molecule has 0 bridgehead atoms. The summed E-state index contributed by atoms with van der Waals surface area (Å²) >= 11 is 0. The number of rotatable bonds is 8. The van der Waals surface area contributed by atoms with E-state index in [1.807, 2.05) is 0 Å². The Labute approximate surface area is 193 Å². The molecule has 3 rings (SSSR count). The second-order valence-electron chi connectivity index (χ2n) is 7.69. The SMILES string of the molecule is CCNC(=NCc1cccc(CN2CCOCC2)c1)NCCC1=CCCCC1.I. The van der Waals surface area contributed by atoms with Crippen molar-refractivity contribution < 1.29 is 4.74 Å². The van der Waals surface area contributed by atoms with Gasteiger partial charge >= 0.3 is 0 Å². The molecule has 5 nitrogen and oxygen atoms in total. The molecule has 162 valence electrons. The molecule has 1 aromatic carbocycles. The average Bonchev–Trinajstić information content (AvgIpc) is 2.74. The summed E-state index contributed by atoms with van der Waals surface area (Å²) in [7, 11) is 0. The molecule has 0 atom stereocenters. The molecule has 1 aliphatic carbocycles. The van der Waals surface area contributed by atoms with E-state index in [4.69, 9.17) is 9.73 Å². The quantitative estimate of drug-likeness (QED) is 0.239. The second kappa shape index (κ2) is 14.0. The Bertz CT molecular complexity index is 656. The maximum absolute atomic E-state index is 5.44. The van der Waals surface area contributed by atoms with Crippen molar-refractivity contribution in [3.05, 3.63) is 47.0 Å². The molecule has 2 N–H and O–H groups in total. The summed E-state index contributed by atoms with van der Waals surface area (Å²) in [4.78, 5) is 7.25. The fourth-order valence-electron chi connectivity index (χ4n) is 3.83. The maximum Gasteiger partial charge on any atom is 0.191 e. The Morgan fingerprint density at radius 1 is 1.14 bits per heavy atom. The van der Waals surface area contributed by atoms with E-state index in [9.17, 15) is 0 Å². The van der Waals surface area contributed by atoms with E-state index in [0.717, 1.165) is 58.3 Å². The molecule has 6 heteroatoms. The van der Waals surface area contributed by atoms with E-state index in [-0.39, 0.29) is 24.0 Å². The highest BCUT2D eigenvalue weighted by molar-refractivity contribution is 14.0. The molecule has 1 aromatic rings. The third kappa shape index (κ3) is 9.05. The van der Waals surface area contributed by atoms with Crippen molar-refractivity contribution in [1.82, 2.24) is 15.5 Å². The highest BCUT2D eigenvalue weighted by Crippen LogP contribution is 2.19. The van der Waals surface area contributed by atoms with E-state index < -0.39 is 0 Å². The van der Waals surface area contributed by atoms with Gasteiger partial charge in [0, 0.05) is 32.7 Å². The smallest absolute Gasteiger partial charge is 0.191 e. The van der Waals surface area contributed by atoms with E-state index >= 15 is 0 Å². The van der Waals surface area contributed by atoms with Crippen LogP contribution in [-0.2, 0) is 17.8 Å². The Morgan fingerprint density at radius 2 is 1.97 bits per heavy atom. The number of benzene rings is 1. The number of aliphatic imine (C=N–C) groups is 1. The molecule has 2 aliphatic rings. The first-order chi connectivity index (χ1) is 13.8. The van der Waals surface area contributed by atoms with Crippen LogP contribution < -0.4 is 10.6 Å². The summed E-state index contributed by atoms with van der Waals surface area (Å²) in [5.74, 6) is 0.914. The first kappa shape index (κ1) is 24.2. The van der Waals surface area contributed by atoms with Crippen LogP contribution in [0.2, 0.25) is 0 Å². The third-order valence-corrected chi connectivity index (χ3v) is 5.39. The molecular weight excluding hydrogens is 475 g/mol. The zero-order valence-electron chi connectivity index (χ0n) is 17.8. The first-order valence-corrected chi connectivity index (χ1v) is 10.9. The Morgan fingerprint density at radius 3 is 2.72 bits per heavy atom. The largest absolute Gasteiger partial charge is 0.379 e. The number of hydrogen-bond acceptors (Lipinski definition) is 3. The fourth-order valence-corrected chi connectivity index (χ4v) is 3.83. The molecule has 0 amide bonds. The number of nitrogens with one attached hydrogen (secondary N) is 2. The van der Waals surface area contributed by atoms with Crippen LogP contribution in [0.3, 0.4) is 0 Å². The zero-order valence-corrected chi connectivity index (χ0v) is 20.1. The third-order valence-electron chi connectivity index (χ3n) is 5.39. The van der Waals surface area contributed by atoms with Crippen LogP contribution in [0.15, 0.2) is 40.9 Å². The van der Waals surface area contributed by atoms with E-state index in [1.165, 1.54) is 36.8 Å². The number of morpholine rings is 1.